The van der Waals surface area contributed by atoms with Crippen molar-refractivity contribution in [3.05, 3.63) is 58.6 Å². The SMILES string of the molecule is CCNC(=O)Nc1cccc(NC(=O)c2ccccc2Br)c1. The fraction of sp³-hybridized carbons (Fsp3) is 0.125. The summed E-state index contributed by atoms with van der Waals surface area (Å²) < 4.78 is 0.726. The van der Waals surface area contributed by atoms with Gasteiger partial charge in [-0.05, 0) is 53.2 Å². The summed E-state index contributed by atoms with van der Waals surface area (Å²) in [7, 11) is 0. The number of amides is 3. The van der Waals surface area contributed by atoms with Crippen LogP contribution in [-0.4, -0.2) is 18.5 Å². The number of carbonyl (C=O) groups excluding carboxylic acids is 2. The van der Waals surface area contributed by atoms with Crippen molar-refractivity contribution in [3.63, 3.8) is 0 Å². The number of nitrogens with one attached hydrogen (secondary N) is 3. The third-order valence-corrected chi connectivity index (χ3v) is 3.53. The Morgan fingerprint density at radius 2 is 1.68 bits per heavy atom. The second-order valence-corrected chi connectivity index (χ2v) is 5.35. The number of anilines is 2. The van der Waals surface area contributed by atoms with Crippen LogP contribution >= 0.6 is 15.9 Å². The molecule has 0 saturated heterocycles. The van der Waals surface area contributed by atoms with Gasteiger partial charge in [-0.1, -0.05) is 18.2 Å². The molecule has 114 valence electrons. The van der Waals surface area contributed by atoms with Crippen LogP contribution in [0.3, 0.4) is 0 Å². The minimum absolute atomic E-state index is 0.220. The van der Waals surface area contributed by atoms with Crippen molar-refractivity contribution in [1.82, 2.24) is 5.32 Å². The smallest absolute Gasteiger partial charge is 0.319 e. The number of rotatable bonds is 4. The lowest BCUT2D eigenvalue weighted by molar-refractivity contribution is 0.102. The van der Waals surface area contributed by atoms with E-state index in [1.54, 1.807) is 36.4 Å². The number of hydrogen-bond acceptors (Lipinski definition) is 2. The predicted octanol–water partition coefficient (Wildman–Crippen LogP) is 3.84. The minimum atomic E-state index is -0.281. The molecule has 5 nitrogen and oxygen atoms in total. The molecule has 0 fully saturated rings. The molecule has 3 amide bonds. The van der Waals surface area contributed by atoms with Gasteiger partial charge in [0.1, 0.15) is 0 Å². The van der Waals surface area contributed by atoms with Gasteiger partial charge in [0.15, 0.2) is 0 Å². The molecule has 0 aromatic heterocycles. The van der Waals surface area contributed by atoms with E-state index in [4.69, 9.17) is 0 Å². The highest BCUT2D eigenvalue weighted by molar-refractivity contribution is 9.10. The molecule has 0 aliphatic heterocycles. The molecule has 0 radical (unpaired) electrons. The maximum atomic E-state index is 12.2. The van der Waals surface area contributed by atoms with Crippen LogP contribution in [0.15, 0.2) is 53.0 Å². The highest BCUT2D eigenvalue weighted by Gasteiger charge is 2.10. The summed E-state index contributed by atoms with van der Waals surface area (Å²) in [6.45, 7) is 2.39. The number of benzene rings is 2. The molecular weight excluding hydrogens is 346 g/mol. The Balaban J connectivity index is 2.09. The maximum Gasteiger partial charge on any atom is 0.319 e. The summed E-state index contributed by atoms with van der Waals surface area (Å²) in [6.07, 6.45) is 0. The molecule has 2 rings (SSSR count). The van der Waals surface area contributed by atoms with E-state index in [0.717, 1.165) is 4.47 Å². The number of carbonyl (C=O) groups is 2. The zero-order chi connectivity index (χ0) is 15.9. The van der Waals surface area contributed by atoms with E-state index in [1.807, 2.05) is 19.1 Å². The van der Waals surface area contributed by atoms with Gasteiger partial charge in [-0.2, -0.15) is 0 Å². The first-order valence-corrected chi connectivity index (χ1v) is 7.60. The van der Waals surface area contributed by atoms with Crippen LogP contribution in [0.1, 0.15) is 17.3 Å². The molecule has 22 heavy (non-hydrogen) atoms. The molecular formula is C16H16BrN3O2. The third-order valence-electron chi connectivity index (χ3n) is 2.83. The van der Waals surface area contributed by atoms with Crippen LogP contribution in [0.5, 0.6) is 0 Å². The van der Waals surface area contributed by atoms with Gasteiger partial charge < -0.3 is 16.0 Å². The van der Waals surface area contributed by atoms with E-state index >= 15 is 0 Å². The Hall–Kier alpha value is -2.34. The lowest BCUT2D eigenvalue weighted by Gasteiger charge is -2.10. The summed E-state index contributed by atoms with van der Waals surface area (Å²) in [5.74, 6) is -0.220. The predicted molar refractivity (Wildman–Crippen MR) is 91.2 cm³/mol. The van der Waals surface area contributed by atoms with Gasteiger partial charge >= 0.3 is 6.03 Å². The lowest BCUT2D eigenvalue weighted by Crippen LogP contribution is -2.28. The molecule has 0 aliphatic carbocycles. The zero-order valence-electron chi connectivity index (χ0n) is 12.0. The lowest BCUT2D eigenvalue weighted by atomic mass is 10.2. The normalized spacial score (nSPS) is 9.91. The molecule has 0 heterocycles. The Morgan fingerprint density at radius 3 is 2.36 bits per heavy atom. The van der Waals surface area contributed by atoms with E-state index in [9.17, 15) is 9.59 Å². The van der Waals surface area contributed by atoms with Gasteiger partial charge in [0, 0.05) is 22.4 Å². The van der Waals surface area contributed by atoms with E-state index < -0.39 is 0 Å². The fourth-order valence-corrected chi connectivity index (χ4v) is 2.32. The molecule has 0 atom stereocenters. The molecule has 0 spiro atoms. The van der Waals surface area contributed by atoms with Gasteiger partial charge in [0.25, 0.3) is 5.91 Å². The molecule has 0 bridgehead atoms. The Kier molecular flexibility index (Phi) is 5.55. The molecule has 2 aromatic carbocycles. The fourth-order valence-electron chi connectivity index (χ4n) is 1.85. The minimum Gasteiger partial charge on any atom is -0.338 e. The van der Waals surface area contributed by atoms with Crippen molar-refractivity contribution < 1.29 is 9.59 Å². The summed E-state index contributed by atoms with van der Waals surface area (Å²) in [6, 6.07) is 13.9. The van der Waals surface area contributed by atoms with Crippen molar-refractivity contribution in [2.75, 3.05) is 17.2 Å². The van der Waals surface area contributed by atoms with Crippen LogP contribution < -0.4 is 16.0 Å². The Labute approximate surface area is 137 Å². The molecule has 3 N–H and O–H groups in total. The second kappa shape index (κ2) is 7.61. The van der Waals surface area contributed by atoms with Crippen molar-refractivity contribution in [2.24, 2.45) is 0 Å². The quantitative estimate of drug-likeness (QED) is 0.773. The number of urea groups is 1. The van der Waals surface area contributed by atoms with Crippen LogP contribution in [0.4, 0.5) is 16.2 Å². The summed E-state index contributed by atoms with van der Waals surface area (Å²) in [4.78, 5) is 23.7. The summed E-state index contributed by atoms with van der Waals surface area (Å²) in [5, 5.41) is 8.15. The van der Waals surface area contributed by atoms with Crippen molar-refractivity contribution >= 4 is 39.2 Å². The third kappa shape index (κ3) is 4.33. The van der Waals surface area contributed by atoms with E-state index in [1.165, 1.54) is 0 Å². The van der Waals surface area contributed by atoms with Gasteiger partial charge in [-0.15, -0.1) is 0 Å². The first-order chi connectivity index (χ1) is 10.6. The first kappa shape index (κ1) is 16.0. The van der Waals surface area contributed by atoms with Gasteiger partial charge in [-0.3, -0.25) is 4.79 Å². The molecule has 6 heteroatoms. The average molecular weight is 362 g/mol. The van der Waals surface area contributed by atoms with Crippen LogP contribution in [0.25, 0.3) is 0 Å². The molecule has 0 aliphatic rings. The molecule has 0 saturated carbocycles. The van der Waals surface area contributed by atoms with E-state index in [-0.39, 0.29) is 11.9 Å². The van der Waals surface area contributed by atoms with Crippen molar-refractivity contribution in [1.29, 1.82) is 0 Å². The number of hydrogen-bond donors (Lipinski definition) is 3. The monoisotopic (exact) mass is 361 g/mol. The highest BCUT2D eigenvalue weighted by Crippen LogP contribution is 2.19. The van der Waals surface area contributed by atoms with Crippen molar-refractivity contribution in [3.8, 4) is 0 Å². The Morgan fingerprint density at radius 1 is 1.00 bits per heavy atom. The van der Waals surface area contributed by atoms with Gasteiger partial charge in [0.05, 0.1) is 5.56 Å². The zero-order valence-corrected chi connectivity index (χ0v) is 13.6. The van der Waals surface area contributed by atoms with Crippen LogP contribution in [0, 0.1) is 0 Å². The Bertz CT molecular complexity index is 689. The molecule has 2 aromatic rings. The van der Waals surface area contributed by atoms with E-state index in [0.29, 0.717) is 23.5 Å². The standard InChI is InChI=1S/C16H16BrN3O2/c1-2-18-16(22)20-12-7-5-6-11(10-12)19-15(21)13-8-3-4-9-14(13)17/h3-10H,2H2,1H3,(H,19,21)(H2,18,20,22). The van der Waals surface area contributed by atoms with E-state index in [2.05, 4.69) is 31.9 Å². The highest BCUT2D eigenvalue weighted by atomic mass is 79.9. The number of halogens is 1. The van der Waals surface area contributed by atoms with Gasteiger partial charge in [-0.25, -0.2) is 4.79 Å². The van der Waals surface area contributed by atoms with Crippen LogP contribution in [-0.2, 0) is 0 Å². The summed E-state index contributed by atoms with van der Waals surface area (Å²) >= 11 is 3.35. The van der Waals surface area contributed by atoms with Crippen molar-refractivity contribution in [2.45, 2.75) is 6.92 Å². The average Bonchev–Trinajstić information content (AvgIpc) is 2.48. The largest absolute Gasteiger partial charge is 0.338 e. The topological polar surface area (TPSA) is 70.2 Å². The molecule has 0 unspecified atom stereocenters. The maximum absolute atomic E-state index is 12.2. The van der Waals surface area contributed by atoms with Crippen LogP contribution in [0.2, 0.25) is 0 Å². The summed E-state index contributed by atoms with van der Waals surface area (Å²) in [5.41, 5.74) is 1.76. The second-order valence-electron chi connectivity index (χ2n) is 4.50. The van der Waals surface area contributed by atoms with Gasteiger partial charge in [0.2, 0.25) is 0 Å². The first-order valence-electron chi connectivity index (χ1n) is 6.81.